The van der Waals surface area contributed by atoms with Gasteiger partial charge in [0.15, 0.2) is 5.69 Å². The van der Waals surface area contributed by atoms with E-state index in [0.29, 0.717) is 5.92 Å². The number of carboxylic acid groups (broad SMARTS) is 1. The SMILES string of the molecule is CC(C)c1ccc(-n2cc(C(=O)O)nn2)cc1. The highest BCUT2D eigenvalue weighted by atomic mass is 16.4. The van der Waals surface area contributed by atoms with E-state index in [4.69, 9.17) is 5.11 Å². The summed E-state index contributed by atoms with van der Waals surface area (Å²) in [5.41, 5.74) is 1.97. The number of nitrogens with zero attached hydrogens (tertiary/aromatic N) is 3. The second-order valence-electron chi connectivity index (χ2n) is 4.10. The van der Waals surface area contributed by atoms with Gasteiger partial charge in [0.1, 0.15) is 0 Å². The highest BCUT2D eigenvalue weighted by Crippen LogP contribution is 2.16. The Hall–Kier alpha value is -2.17. The monoisotopic (exact) mass is 231 g/mol. The highest BCUT2D eigenvalue weighted by Gasteiger charge is 2.09. The van der Waals surface area contributed by atoms with E-state index in [-0.39, 0.29) is 5.69 Å². The van der Waals surface area contributed by atoms with Gasteiger partial charge in [0.25, 0.3) is 0 Å². The van der Waals surface area contributed by atoms with Gasteiger partial charge in [0.2, 0.25) is 0 Å². The van der Waals surface area contributed by atoms with Crippen LogP contribution in [0.4, 0.5) is 0 Å². The summed E-state index contributed by atoms with van der Waals surface area (Å²) >= 11 is 0. The van der Waals surface area contributed by atoms with Crippen LogP contribution in [-0.4, -0.2) is 26.1 Å². The summed E-state index contributed by atoms with van der Waals surface area (Å²) < 4.78 is 1.45. The van der Waals surface area contributed by atoms with Crippen molar-refractivity contribution in [3.05, 3.63) is 41.7 Å². The third-order valence-electron chi connectivity index (χ3n) is 2.54. The Balaban J connectivity index is 2.30. The Labute approximate surface area is 98.7 Å². The maximum absolute atomic E-state index is 10.7. The molecule has 0 radical (unpaired) electrons. The number of carbonyl (C=O) groups is 1. The minimum atomic E-state index is -1.07. The number of aromatic carboxylic acids is 1. The highest BCUT2D eigenvalue weighted by molar-refractivity contribution is 5.84. The summed E-state index contributed by atoms with van der Waals surface area (Å²) in [5.74, 6) is -0.607. The van der Waals surface area contributed by atoms with Crippen LogP contribution in [0.15, 0.2) is 30.5 Å². The number of benzene rings is 1. The van der Waals surface area contributed by atoms with E-state index < -0.39 is 5.97 Å². The minimum Gasteiger partial charge on any atom is -0.476 e. The molecule has 0 bridgehead atoms. The summed E-state index contributed by atoms with van der Waals surface area (Å²) in [5, 5.41) is 16.1. The Morgan fingerprint density at radius 2 is 1.94 bits per heavy atom. The molecule has 0 fully saturated rings. The molecule has 0 atom stereocenters. The first-order chi connectivity index (χ1) is 8.08. The van der Waals surface area contributed by atoms with Crippen molar-refractivity contribution < 1.29 is 9.90 Å². The van der Waals surface area contributed by atoms with E-state index in [9.17, 15) is 4.79 Å². The maximum atomic E-state index is 10.7. The summed E-state index contributed by atoms with van der Waals surface area (Å²) in [6.07, 6.45) is 1.40. The van der Waals surface area contributed by atoms with E-state index in [1.807, 2.05) is 24.3 Å². The van der Waals surface area contributed by atoms with Crippen molar-refractivity contribution in [2.75, 3.05) is 0 Å². The fourth-order valence-electron chi connectivity index (χ4n) is 1.50. The molecule has 0 amide bonds. The Morgan fingerprint density at radius 3 is 2.41 bits per heavy atom. The lowest BCUT2D eigenvalue weighted by atomic mass is 10.0. The van der Waals surface area contributed by atoms with Crippen molar-refractivity contribution in [3.8, 4) is 5.69 Å². The number of aromatic nitrogens is 3. The fraction of sp³-hybridized carbons (Fsp3) is 0.250. The van der Waals surface area contributed by atoms with Crippen LogP contribution in [0, 0.1) is 0 Å². The lowest BCUT2D eigenvalue weighted by Crippen LogP contribution is -1.96. The van der Waals surface area contributed by atoms with Gasteiger partial charge >= 0.3 is 5.97 Å². The van der Waals surface area contributed by atoms with E-state index in [1.54, 1.807) is 0 Å². The first-order valence-corrected chi connectivity index (χ1v) is 5.34. The lowest BCUT2D eigenvalue weighted by molar-refractivity contribution is 0.0690. The molecule has 0 aliphatic heterocycles. The number of rotatable bonds is 3. The first-order valence-electron chi connectivity index (χ1n) is 5.34. The first kappa shape index (κ1) is 11.3. The molecule has 5 nitrogen and oxygen atoms in total. The molecular weight excluding hydrogens is 218 g/mol. The molecule has 1 N–H and O–H groups in total. The number of hydrogen-bond acceptors (Lipinski definition) is 3. The molecule has 1 heterocycles. The molecular formula is C12H13N3O2. The molecule has 0 saturated heterocycles. The zero-order chi connectivity index (χ0) is 12.4. The summed E-state index contributed by atoms with van der Waals surface area (Å²) in [7, 11) is 0. The van der Waals surface area contributed by atoms with Gasteiger partial charge in [-0.3, -0.25) is 0 Å². The van der Waals surface area contributed by atoms with Crippen LogP contribution in [0.2, 0.25) is 0 Å². The largest absolute Gasteiger partial charge is 0.476 e. The van der Waals surface area contributed by atoms with Crippen LogP contribution >= 0.6 is 0 Å². The predicted molar refractivity (Wildman–Crippen MR) is 62.4 cm³/mol. The van der Waals surface area contributed by atoms with Gasteiger partial charge in [0, 0.05) is 0 Å². The molecule has 0 saturated carbocycles. The van der Waals surface area contributed by atoms with Crippen LogP contribution in [0.3, 0.4) is 0 Å². The predicted octanol–water partition coefficient (Wildman–Crippen LogP) is 2.09. The zero-order valence-corrected chi connectivity index (χ0v) is 9.66. The van der Waals surface area contributed by atoms with Crippen molar-refractivity contribution in [2.24, 2.45) is 0 Å². The number of hydrogen-bond donors (Lipinski definition) is 1. The average Bonchev–Trinajstić information content (AvgIpc) is 2.78. The molecule has 2 rings (SSSR count). The topological polar surface area (TPSA) is 68.0 Å². The quantitative estimate of drug-likeness (QED) is 0.878. The maximum Gasteiger partial charge on any atom is 0.358 e. The van der Waals surface area contributed by atoms with Gasteiger partial charge in [-0.05, 0) is 23.6 Å². The third-order valence-corrected chi connectivity index (χ3v) is 2.54. The molecule has 17 heavy (non-hydrogen) atoms. The molecule has 0 aliphatic carbocycles. The fourth-order valence-corrected chi connectivity index (χ4v) is 1.50. The minimum absolute atomic E-state index is 0.0575. The molecule has 5 heteroatoms. The molecule has 88 valence electrons. The second kappa shape index (κ2) is 4.37. The summed E-state index contributed by atoms with van der Waals surface area (Å²) in [6, 6.07) is 7.80. The average molecular weight is 231 g/mol. The van der Waals surface area contributed by atoms with E-state index in [0.717, 1.165) is 5.69 Å². The van der Waals surface area contributed by atoms with Gasteiger partial charge in [-0.1, -0.05) is 31.2 Å². The molecule has 1 aromatic carbocycles. The van der Waals surface area contributed by atoms with E-state index in [1.165, 1.54) is 16.4 Å². The van der Waals surface area contributed by atoms with Crippen molar-refractivity contribution in [1.29, 1.82) is 0 Å². The van der Waals surface area contributed by atoms with Crippen LogP contribution < -0.4 is 0 Å². The Bertz CT molecular complexity index is 529. The Morgan fingerprint density at radius 1 is 1.29 bits per heavy atom. The standard InChI is InChI=1S/C12H13N3O2/c1-8(2)9-3-5-10(6-4-9)15-7-11(12(16)17)13-14-15/h3-8H,1-2H3,(H,16,17). The van der Waals surface area contributed by atoms with Crippen molar-refractivity contribution in [2.45, 2.75) is 19.8 Å². The van der Waals surface area contributed by atoms with Crippen LogP contribution in [0.25, 0.3) is 5.69 Å². The van der Waals surface area contributed by atoms with Gasteiger partial charge in [-0.2, -0.15) is 0 Å². The van der Waals surface area contributed by atoms with Crippen molar-refractivity contribution in [1.82, 2.24) is 15.0 Å². The third kappa shape index (κ3) is 2.33. The molecule has 2 aromatic rings. The van der Waals surface area contributed by atoms with Crippen molar-refractivity contribution >= 4 is 5.97 Å². The summed E-state index contributed by atoms with van der Waals surface area (Å²) in [6.45, 7) is 4.24. The second-order valence-corrected chi connectivity index (χ2v) is 4.10. The number of carboxylic acids is 1. The van der Waals surface area contributed by atoms with E-state index >= 15 is 0 Å². The van der Waals surface area contributed by atoms with E-state index in [2.05, 4.69) is 24.2 Å². The van der Waals surface area contributed by atoms with Gasteiger partial charge in [-0.15, -0.1) is 5.10 Å². The normalized spacial score (nSPS) is 10.8. The molecule has 1 aromatic heterocycles. The molecule has 0 unspecified atom stereocenters. The molecule has 0 spiro atoms. The van der Waals surface area contributed by atoms with Gasteiger partial charge in [-0.25, -0.2) is 9.48 Å². The van der Waals surface area contributed by atoms with Crippen LogP contribution in [0.1, 0.15) is 35.8 Å². The Kier molecular flexibility index (Phi) is 2.91. The molecule has 0 aliphatic rings. The lowest BCUT2D eigenvalue weighted by Gasteiger charge is -2.06. The van der Waals surface area contributed by atoms with Crippen LogP contribution in [0.5, 0.6) is 0 Å². The zero-order valence-electron chi connectivity index (χ0n) is 9.66. The summed E-state index contributed by atoms with van der Waals surface area (Å²) in [4.78, 5) is 10.7. The van der Waals surface area contributed by atoms with Gasteiger partial charge < -0.3 is 5.11 Å². The van der Waals surface area contributed by atoms with Crippen molar-refractivity contribution in [3.63, 3.8) is 0 Å². The van der Waals surface area contributed by atoms with Gasteiger partial charge in [0.05, 0.1) is 11.9 Å². The smallest absolute Gasteiger partial charge is 0.358 e. The van der Waals surface area contributed by atoms with Crippen LogP contribution in [-0.2, 0) is 0 Å².